The number of nitrogen functional groups attached to an aromatic ring is 1. The van der Waals surface area contributed by atoms with Crippen LogP contribution in [0.25, 0.3) is 10.9 Å². The molecule has 0 bridgehead atoms. The van der Waals surface area contributed by atoms with Crippen LogP contribution in [0.3, 0.4) is 0 Å². The number of fused-ring (bicyclic) bond motifs is 1. The molecule has 3 rings (SSSR count). The van der Waals surface area contributed by atoms with Gasteiger partial charge in [0.15, 0.2) is 0 Å². The van der Waals surface area contributed by atoms with Gasteiger partial charge < -0.3 is 10.6 Å². The number of nitrogens with zero attached hydrogens (tertiary/aromatic N) is 2. The molecule has 4 heteroatoms. The van der Waals surface area contributed by atoms with Crippen LogP contribution in [0.1, 0.15) is 17.8 Å². The van der Waals surface area contributed by atoms with Crippen molar-refractivity contribution in [3.8, 4) is 0 Å². The van der Waals surface area contributed by atoms with Crippen LogP contribution in [0.2, 0.25) is 0 Å². The average Bonchev–Trinajstić information content (AvgIpc) is 2.99. The number of rotatable bonds is 3. The molecular formula is C16H17N3S. The Morgan fingerprint density at radius 1 is 1.25 bits per heavy atom. The molecule has 0 fully saturated rings. The lowest BCUT2D eigenvalue weighted by Crippen LogP contribution is -2.21. The molecule has 102 valence electrons. The summed E-state index contributed by atoms with van der Waals surface area (Å²) in [5.41, 5.74) is 8.70. The maximum Gasteiger partial charge on any atom is 0.0743 e. The molecule has 20 heavy (non-hydrogen) atoms. The number of anilines is 2. The zero-order valence-corrected chi connectivity index (χ0v) is 12.4. The molecule has 0 radical (unpaired) electrons. The first-order valence-corrected chi connectivity index (χ1v) is 7.45. The number of nitrogens with two attached hydrogens (primary N) is 1. The highest BCUT2D eigenvalue weighted by Crippen LogP contribution is 2.32. The molecule has 0 amide bonds. The van der Waals surface area contributed by atoms with Crippen LogP contribution in [0.4, 0.5) is 11.4 Å². The fourth-order valence-corrected chi connectivity index (χ4v) is 3.21. The third-order valence-electron chi connectivity index (χ3n) is 3.66. The van der Waals surface area contributed by atoms with Gasteiger partial charge in [-0.25, -0.2) is 0 Å². The van der Waals surface area contributed by atoms with Gasteiger partial charge in [-0.1, -0.05) is 6.07 Å². The van der Waals surface area contributed by atoms with Crippen molar-refractivity contribution in [1.82, 2.24) is 4.98 Å². The maximum absolute atomic E-state index is 5.84. The van der Waals surface area contributed by atoms with Crippen LogP contribution in [0.15, 0.2) is 48.0 Å². The topological polar surface area (TPSA) is 42.2 Å². The zero-order chi connectivity index (χ0) is 14.1. The summed E-state index contributed by atoms with van der Waals surface area (Å²) in [5.74, 6) is 0. The van der Waals surface area contributed by atoms with E-state index in [9.17, 15) is 0 Å². The van der Waals surface area contributed by atoms with Crippen molar-refractivity contribution in [2.75, 3.05) is 17.7 Å². The van der Waals surface area contributed by atoms with E-state index in [1.165, 1.54) is 10.6 Å². The predicted molar refractivity (Wildman–Crippen MR) is 87.3 cm³/mol. The molecule has 3 nitrogen and oxygen atoms in total. The molecule has 3 aromatic rings. The van der Waals surface area contributed by atoms with Gasteiger partial charge in [0.25, 0.3) is 0 Å². The van der Waals surface area contributed by atoms with E-state index in [1.807, 2.05) is 24.4 Å². The number of pyridine rings is 1. The molecular weight excluding hydrogens is 266 g/mol. The molecule has 1 unspecified atom stereocenters. The highest BCUT2D eigenvalue weighted by molar-refractivity contribution is 7.10. The van der Waals surface area contributed by atoms with Gasteiger partial charge in [-0.3, -0.25) is 4.98 Å². The Bertz CT molecular complexity index is 722. The molecule has 0 aliphatic carbocycles. The maximum atomic E-state index is 5.84. The van der Waals surface area contributed by atoms with Gasteiger partial charge in [-0.05, 0) is 42.6 Å². The minimum absolute atomic E-state index is 0.332. The molecule has 0 aliphatic rings. The molecule has 2 heterocycles. The van der Waals surface area contributed by atoms with E-state index in [2.05, 4.69) is 47.4 Å². The zero-order valence-electron chi connectivity index (χ0n) is 11.6. The number of benzene rings is 1. The van der Waals surface area contributed by atoms with E-state index in [1.54, 1.807) is 11.3 Å². The first-order valence-electron chi connectivity index (χ1n) is 6.57. The minimum Gasteiger partial charge on any atom is -0.399 e. The van der Waals surface area contributed by atoms with E-state index in [0.29, 0.717) is 6.04 Å². The van der Waals surface area contributed by atoms with Gasteiger partial charge in [-0.15, -0.1) is 11.3 Å². The summed E-state index contributed by atoms with van der Waals surface area (Å²) in [6, 6.07) is 12.5. The average molecular weight is 283 g/mol. The first-order chi connectivity index (χ1) is 9.66. The predicted octanol–water partition coefficient (Wildman–Crippen LogP) is 4.08. The summed E-state index contributed by atoms with van der Waals surface area (Å²) < 4.78 is 0. The van der Waals surface area contributed by atoms with Crippen molar-refractivity contribution in [1.29, 1.82) is 0 Å². The van der Waals surface area contributed by atoms with Gasteiger partial charge in [0.1, 0.15) is 0 Å². The summed E-state index contributed by atoms with van der Waals surface area (Å²) in [6.45, 7) is 2.22. The number of thiophene rings is 1. The lowest BCUT2D eigenvalue weighted by atomic mass is 10.1. The van der Waals surface area contributed by atoms with E-state index in [-0.39, 0.29) is 0 Å². The highest BCUT2D eigenvalue weighted by atomic mass is 32.1. The van der Waals surface area contributed by atoms with Crippen LogP contribution in [0, 0.1) is 0 Å². The highest BCUT2D eigenvalue weighted by Gasteiger charge is 2.15. The van der Waals surface area contributed by atoms with Gasteiger partial charge in [0, 0.05) is 34.9 Å². The Kier molecular flexibility index (Phi) is 3.32. The number of hydrogen-bond acceptors (Lipinski definition) is 4. The summed E-state index contributed by atoms with van der Waals surface area (Å²) >= 11 is 1.78. The van der Waals surface area contributed by atoms with Crippen molar-refractivity contribution in [3.05, 3.63) is 52.9 Å². The number of hydrogen-bond donors (Lipinski definition) is 1. The standard InChI is InChI=1S/C16H17N3S/c1-11(16-4-3-9-20-16)19(2)15-7-8-18-14-10-12(17)5-6-13(14)15/h3-11H,17H2,1-2H3. The molecule has 2 aromatic heterocycles. The van der Waals surface area contributed by atoms with E-state index < -0.39 is 0 Å². The second kappa shape index (κ2) is 5.13. The summed E-state index contributed by atoms with van der Waals surface area (Å²) in [5, 5.41) is 3.25. The molecule has 0 saturated carbocycles. The smallest absolute Gasteiger partial charge is 0.0743 e. The Morgan fingerprint density at radius 2 is 2.10 bits per heavy atom. The van der Waals surface area contributed by atoms with Crippen molar-refractivity contribution in [2.24, 2.45) is 0 Å². The molecule has 0 spiro atoms. The minimum atomic E-state index is 0.332. The summed E-state index contributed by atoms with van der Waals surface area (Å²) in [4.78, 5) is 8.04. The van der Waals surface area contributed by atoms with Crippen molar-refractivity contribution < 1.29 is 0 Å². The van der Waals surface area contributed by atoms with Crippen LogP contribution in [-0.4, -0.2) is 12.0 Å². The molecule has 1 aromatic carbocycles. The second-order valence-corrected chi connectivity index (χ2v) is 5.89. The lowest BCUT2D eigenvalue weighted by Gasteiger charge is -2.27. The Morgan fingerprint density at radius 3 is 2.85 bits per heavy atom. The molecule has 0 saturated heterocycles. The Balaban J connectivity index is 2.05. The fourth-order valence-electron chi connectivity index (χ4n) is 2.39. The number of aromatic nitrogens is 1. The van der Waals surface area contributed by atoms with Crippen LogP contribution < -0.4 is 10.6 Å². The van der Waals surface area contributed by atoms with Crippen LogP contribution in [-0.2, 0) is 0 Å². The fraction of sp³-hybridized carbons (Fsp3) is 0.188. The van der Waals surface area contributed by atoms with Crippen LogP contribution >= 0.6 is 11.3 Å². The Labute approximate surface area is 122 Å². The largest absolute Gasteiger partial charge is 0.399 e. The molecule has 2 N–H and O–H groups in total. The molecule has 1 atom stereocenters. The van der Waals surface area contributed by atoms with Gasteiger partial charge >= 0.3 is 0 Å². The molecule has 0 aliphatic heterocycles. The summed E-state index contributed by atoms with van der Waals surface area (Å²) in [6.07, 6.45) is 1.84. The normalized spacial score (nSPS) is 12.5. The van der Waals surface area contributed by atoms with E-state index >= 15 is 0 Å². The van der Waals surface area contributed by atoms with Gasteiger partial charge in [-0.2, -0.15) is 0 Å². The van der Waals surface area contributed by atoms with Crippen molar-refractivity contribution >= 4 is 33.6 Å². The summed E-state index contributed by atoms with van der Waals surface area (Å²) in [7, 11) is 2.12. The lowest BCUT2D eigenvalue weighted by molar-refractivity contribution is 0.756. The quantitative estimate of drug-likeness (QED) is 0.737. The van der Waals surface area contributed by atoms with E-state index in [0.717, 1.165) is 16.6 Å². The van der Waals surface area contributed by atoms with Crippen molar-refractivity contribution in [3.63, 3.8) is 0 Å². The van der Waals surface area contributed by atoms with Crippen molar-refractivity contribution in [2.45, 2.75) is 13.0 Å². The third kappa shape index (κ3) is 2.23. The van der Waals surface area contributed by atoms with E-state index in [4.69, 9.17) is 5.73 Å². The second-order valence-electron chi connectivity index (χ2n) is 4.91. The van der Waals surface area contributed by atoms with Crippen LogP contribution in [0.5, 0.6) is 0 Å². The monoisotopic (exact) mass is 283 g/mol. The Hall–Kier alpha value is -2.07. The first kappa shape index (κ1) is 12.9. The third-order valence-corrected chi connectivity index (χ3v) is 4.70. The van der Waals surface area contributed by atoms with Gasteiger partial charge in [0.05, 0.1) is 11.6 Å². The van der Waals surface area contributed by atoms with Gasteiger partial charge in [0.2, 0.25) is 0 Å². The SMILES string of the molecule is CC(c1cccs1)N(C)c1ccnc2cc(N)ccc12.